The maximum absolute atomic E-state index is 13.1. The molecule has 3 aromatic heterocycles. The maximum atomic E-state index is 13.1. The van der Waals surface area contributed by atoms with Crippen molar-refractivity contribution in [3.05, 3.63) is 70.0 Å². The average Bonchev–Trinajstić information content (AvgIpc) is 3.46. The predicted molar refractivity (Wildman–Crippen MR) is 116 cm³/mol. The van der Waals surface area contributed by atoms with Crippen LogP contribution in [0.15, 0.2) is 47.5 Å². The lowest BCUT2D eigenvalue weighted by atomic mass is 9.99. The topological polar surface area (TPSA) is 75.6 Å². The Hall–Kier alpha value is -3.41. The van der Waals surface area contributed by atoms with Gasteiger partial charge in [-0.05, 0) is 62.1 Å². The normalized spacial score (nSPS) is 13.8. The van der Waals surface area contributed by atoms with E-state index in [0.717, 1.165) is 39.4 Å². The number of hydrogen-bond donors (Lipinski definition) is 2. The highest BCUT2D eigenvalue weighted by Gasteiger charge is 2.25. The van der Waals surface area contributed by atoms with Gasteiger partial charge in [0.15, 0.2) is 0 Å². The standard InChI is InChI=1S/C23H23N5O/c1-13-4-7-17(26-23-25-12-20(27-23)15-5-6-15)10-18(13)19-9-16-11-24-14(2)8-21(16)28(3)22(19)29/h4,7-12,15H,5-6H2,1-3H3,(H2,25,26,27). The third-order valence-corrected chi connectivity index (χ3v) is 5.65. The van der Waals surface area contributed by atoms with Gasteiger partial charge in [0.1, 0.15) is 0 Å². The number of aromatic amines is 1. The minimum atomic E-state index is -0.0163. The van der Waals surface area contributed by atoms with Crippen molar-refractivity contribution in [1.29, 1.82) is 0 Å². The number of rotatable bonds is 4. The van der Waals surface area contributed by atoms with Crippen molar-refractivity contribution in [3.8, 4) is 11.1 Å². The van der Waals surface area contributed by atoms with Gasteiger partial charge in [0.2, 0.25) is 5.95 Å². The fourth-order valence-corrected chi connectivity index (χ4v) is 3.79. The monoisotopic (exact) mass is 385 g/mol. The Balaban J connectivity index is 1.56. The van der Waals surface area contributed by atoms with Gasteiger partial charge in [-0.2, -0.15) is 0 Å². The second kappa shape index (κ2) is 6.58. The molecule has 2 N–H and O–H groups in total. The Morgan fingerprint density at radius 3 is 2.69 bits per heavy atom. The number of nitrogens with zero attached hydrogens (tertiary/aromatic N) is 3. The van der Waals surface area contributed by atoms with Crippen LogP contribution in [-0.2, 0) is 7.05 Å². The number of pyridine rings is 2. The zero-order chi connectivity index (χ0) is 20.1. The molecule has 0 bridgehead atoms. The van der Waals surface area contributed by atoms with Gasteiger partial charge in [-0.1, -0.05) is 6.07 Å². The van der Waals surface area contributed by atoms with Crippen LogP contribution in [0, 0.1) is 13.8 Å². The molecular formula is C23H23N5O. The van der Waals surface area contributed by atoms with Gasteiger partial charge in [0.05, 0.1) is 11.7 Å². The highest BCUT2D eigenvalue weighted by Crippen LogP contribution is 2.39. The summed E-state index contributed by atoms with van der Waals surface area (Å²) in [6, 6.07) is 9.93. The Kier molecular flexibility index (Phi) is 4.01. The molecule has 1 aliphatic carbocycles. The molecule has 0 spiro atoms. The fraction of sp³-hybridized carbons (Fsp3) is 0.261. The van der Waals surface area contributed by atoms with E-state index >= 15 is 0 Å². The third-order valence-electron chi connectivity index (χ3n) is 5.65. The summed E-state index contributed by atoms with van der Waals surface area (Å²) in [6.07, 6.45) is 6.20. The summed E-state index contributed by atoms with van der Waals surface area (Å²) < 4.78 is 1.70. The minimum Gasteiger partial charge on any atom is -0.328 e. The number of aryl methyl sites for hydroxylation is 3. The maximum Gasteiger partial charge on any atom is 0.258 e. The first kappa shape index (κ1) is 17.7. The molecule has 6 nitrogen and oxygen atoms in total. The molecule has 0 amide bonds. The number of nitrogens with one attached hydrogen (secondary N) is 2. The largest absolute Gasteiger partial charge is 0.328 e. The summed E-state index contributed by atoms with van der Waals surface area (Å²) >= 11 is 0. The molecule has 1 aromatic carbocycles. The van der Waals surface area contributed by atoms with E-state index in [4.69, 9.17) is 0 Å². The smallest absolute Gasteiger partial charge is 0.258 e. The van der Waals surface area contributed by atoms with Gasteiger partial charge in [-0.25, -0.2) is 4.98 Å². The number of benzene rings is 1. The number of imidazole rings is 1. The summed E-state index contributed by atoms with van der Waals surface area (Å²) in [5, 5.41) is 4.28. The molecule has 4 aromatic rings. The van der Waals surface area contributed by atoms with Crippen molar-refractivity contribution >= 4 is 22.5 Å². The fourth-order valence-electron chi connectivity index (χ4n) is 3.79. The minimum absolute atomic E-state index is 0.0163. The first-order valence-corrected chi connectivity index (χ1v) is 9.89. The molecule has 0 radical (unpaired) electrons. The van der Waals surface area contributed by atoms with Crippen LogP contribution >= 0.6 is 0 Å². The lowest BCUT2D eigenvalue weighted by Gasteiger charge is -2.13. The van der Waals surface area contributed by atoms with Crippen molar-refractivity contribution in [3.63, 3.8) is 0 Å². The molecule has 0 saturated heterocycles. The van der Waals surface area contributed by atoms with Crippen molar-refractivity contribution in [2.75, 3.05) is 5.32 Å². The Morgan fingerprint density at radius 1 is 1.07 bits per heavy atom. The highest BCUT2D eigenvalue weighted by molar-refractivity contribution is 5.85. The van der Waals surface area contributed by atoms with Gasteiger partial charge in [-0.15, -0.1) is 0 Å². The molecule has 0 unspecified atom stereocenters. The van der Waals surface area contributed by atoms with Crippen LogP contribution in [0.4, 0.5) is 11.6 Å². The van der Waals surface area contributed by atoms with Gasteiger partial charge in [0.25, 0.3) is 5.56 Å². The van der Waals surface area contributed by atoms with Crippen molar-refractivity contribution in [2.45, 2.75) is 32.6 Å². The molecule has 0 aliphatic heterocycles. The van der Waals surface area contributed by atoms with E-state index < -0.39 is 0 Å². The van der Waals surface area contributed by atoms with Crippen molar-refractivity contribution in [1.82, 2.24) is 19.5 Å². The second-order valence-corrected chi connectivity index (χ2v) is 7.92. The summed E-state index contributed by atoms with van der Waals surface area (Å²) in [5.41, 5.74) is 6.48. The van der Waals surface area contributed by atoms with Crippen LogP contribution < -0.4 is 10.9 Å². The van der Waals surface area contributed by atoms with E-state index in [1.807, 2.05) is 63.6 Å². The van der Waals surface area contributed by atoms with Gasteiger partial charge >= 0.3 is 0 Å². The summed E-state index contributed by atoms with van der Waals surface area (Å²) in [5.74, 6) is 1.36. The summed E-state index contributed by atoms with van der Waals surface area (Å²) in [6.45, 7) is 3.95. The number of fused-ring (bicyclic) bond motifs is 1. The third kappa shape index (κ3) is 3.20. The van der Waals surface area contributed by atoms with Crippen LogP contribution in [-0.4, -0.2) is 19.5 Å². The predicted octanol–water partition coefficient (Wildman–Crippen LogP) is 4.56. The zero-order valence-electron chi connectivity index (χ0n) is 16.8. The van der Waals surface area contributed by atoms with Gasteiger partial charge in [0, 0.05) is 47.2 Å². The van der Waals surface area contributed by atoms with E-state index in [1.54, 1.807) is 4.57 Å². The molecule has 5 rings (SSSR count). The lowest BCUT2D eigenvalue weighted by Crippen LogP contribution is -2.19. The van der Waals surface area contributed by atoms with E-state index in [2.05, 4.69) is 20.3 Å². The molecule has 3 heterocycles. The van der Waals surface area contributed by atoms with E-state index in [-0.39, 0.29) is 5.56 Å². The first-order chi connectivity index (χ1) is 14.0. The lowest BCUT2D eigenvalue weighted by molar-refractivity contribution is 0.905. The van der Waals surface area contributed by atoms with Crippen LogP contribution in [0.25, 0.3) is 22.0 Å². The number of H-pyrrole nitrogens is 1. The molecule has 0 atom stereocenters. The summed E-state index contributed by atoms with van der Waals surface area (Å²) in [4.78, 5) is 25.3. The average molecular weight is 385 g/mol. The molecule has 146 valence electrons. The second-order valence-electron chi connectivity index (χ2n) is 7.92. The SMILES string of the molecule is Cc1cc2c(cn1)cc(-c1cc(Nc3ncc(C4CC4)[nH]3)ccc1C)c(=O)n2C. The first-order valence-electron chi connectivity index (χ1n) is 9.89. The van der Waals surface area contributed by atoms with E-state index in [9.17, 15) is 4.79 Å². The quantitative estimate of drug-likeness (QED) is 0.540. The van der Waals surface area contributed by atoms with Crippen LogP contribution in [0.5, 0.6) is 0 Å². The van der Waals surface area contributed by atoms with Crippen LogP contribution in [0.3, 0.4) is 0 Å². The van der Waals surface area contributed by atoms with Crippen LogP contribution in [0.1, 0.15) is 35.7 Å². The van der Waals surface area contributed by atoms with Gasteiger partial charge in [-0.3, -0.25) is 9.78 Å². The molecule has 6 heteroatoms. The summed E-state index contributed by atoms with van der Waals surface area (Å²) in [7, 11) is 1.81. The number of anilines is 2. The van der Waals surface area contributed by atoms with Gasteiger partial charge < -0.3 is 14.9 Å². The zero-order valence-corrected chi connectivity index (χ0v) is 16.8. The van der Waals surface area contributed by atoms with Crippen molar-refractivity contribution in [2.24, 2.45) is 7.05 Å². The Morgan fingerprint density at radius 2 is 1.90 bits per heavy atom. The molecule has 29 heavy (non-hydrogen) atoms. The highest BCUT2D eigenvalue weighted by atomic mass is 16.1. The van der Waals surface area contributed by atoms with E-state index in [0.29, 0.717) is 11.5 Å². The number of hydrogen-bond acceptors (Lipinski definition) is 4. The molecule has 1 aliphatic rings. The van der Waals surface area contributed by atoms with Crippen molar-refractivity contribution < 1.29 is 0 Å². The van der Waals surface area contributed by atoms with Crippen LogP contribution in [0.2, 0.25) is 0 Å². The Bertz CT molecular complexity index is 1300. The molecular weight excluding hydrogens is 362 g/mol. The van der Waals surface area contributed by atoms with E-state index in [1.165, 1.54) is 18.5 Å². The number of aromatic nitrogens is 4. The molecule has 1 fully saturated rings. The Labute approximate surface area is 168 Å². The molecule has 1 saturated carbocycles.